The third-order valence-corrected chi connectivity index (χ3v) is 11.6. The number of benzene rings is 6. The van der Waals surface area contributed by atoms with Gasteiger partial charge in [-0.15, -0.1) is 40.6 Å². The summed E-state index contributed by atoms with van der Waals surface area (Å²) in [7, 11) is 0. The Morgan fingerprint density at radius 1 is 0.538 bits per heavy atom. The summed E-state index contributed by atoms with van der Waals surface area (Å²) in [6, 6.07) is 55.1. The molecule has 2 aliphatic heterocycles. The molecule has 254 valence electrons. The Hall–Kier alpha value is -5.47. The molecule has 6 aromatic carbocycles. The summed E-state index contributed by atoms with van der Waals surface area (Å²) in [5.41, 5.74) is 13.3. The zero-order chi connectivity index (χ0) is 34.2. The molecule has 0 aliphatic carbocycles. The molecule has 9 aromatic rings. The number of hydrogen-bond acceptors (Lipinski definition) is 2. The number of rotatable bonds is 3. The van der Waals surface area contributed by atoms with Gasteiger partial charge in [0.05, 0.1) is 0 Å². The Labute approximate surface area is 316 Å². The maximum absolute atomic E-state index is 4.98. The largest absolute Gasteiger partial charge is 0.358 e. The first-order chi connectivity index (χ1) is 24.8. The van der Waals surface area contributed by atoms with E-state index in [1.165, 1.54) is 54.8 Å². The van der Waals surface area contributed by atoms with Crippen LogP contribution in [0, 0.1) is 18.2 Å². The third kappa shape index (κ3) is 3.93. The third-order valence-electron chi connectivity index (χ3n) is 11.6. The van der Waals surface area contributed by atoms with Crippen molar-refractivity contribution in [1.29, 1.82) is 0 Å². The standard InChI is InChI=1S/C47H33N4.Pd/c1-46(2)36-17-8-9-21-40(36)50-41-27-30(22-24-32(41)34-15-10-18-37(46)43(34)50)49(29-13-6-5-7-14-29)31-23-25-33-35-16-11-19-38-44(35)51(42(33)28-31)45-39(47(38,3)4)20-12-26-48-45;/h5-20,22-26H,1-4H3;/q-3;. The van der Waals surface area contributed by atoms with Crippen LogP contribution in [0.25, 0.3) is 55.1 Å². The molecule has 0 N–H and O–H groups in total. The van der Waals surface area contributed by atoms with Crippen molar-refractivity contribution < 1.29 is 20.4 Å². The Bertz CT molecular complexity index is 2750. The molecule has 0 fully saturated rings. The molecule has 0 bridgehead atoms. The second kappa shape index (κ2) is 10.8. The van der Waals surface area contributed by atoms with Gasteiger partial charge >= 0.3 is 0 Å². The van der Waals surface area contributed by atoms with Gasteiger partial charge in [0.1, 0.15) is 5.82 Å². The molecule has 2 aliphatic rings. The van der Waals surface area contributed by atoms with Crippen molar-refractivity contribution in [3.05, 3.63) is 168 Å². The second-order valence-electron chi connectivity index (χ2n) is 15.0. The van der Waals surface area contributed by atoms with Gasteiger partial charge in [-0.2, -0.15) is 36.4 Å². The van der Waals surface area contributed by atoms with Gasteiger partial charge in [-0.1, -0.05) is 116 Å². The minimum atomic E-state index is -0.178. The molecule has 52 heavy (non-hydrogen) atoms. The van der Waals surface area contributed by atoms with E-state index < -0.39 is 0 Å². The van der Waals surface area contributed by atoms with E-state index in [0.29, 0.717) is 0 Å². The summed E-state index contributed by atoms with van der Waals surface area (Å²) in [5, 5.41) is 4.82. The predicted molar refractivity (Wildman–Crippen MR) is 208 cm³/mol. The molecule has 5 heterocycles. The Morgan fingerprint density at radius 3 is 1.79 bits per heavy atom. The van der Waals surface area contributed by atoms with Crippen LogP contribution in [-0.2, 0) is 31.3 Å². The molecule has 5 heteroatoms. The quantitative estimate of drug-likeness (QED) is 0.132. The number of para-hydroxylation sites is 4. The minimum absolute atomic E-state index is 0. The van der Waals surface area contributed by atoms with Crippen molar-refractivity contribution in [2.45, 2.75) is 38.5 Å². The van der Waals surface area contributed by atoms with Gasteiger partial charge in [0.15, 0.2) is 0 Å². The number of pyridine rings is 1. The van der Waals surface area contributed by atoms with Gasteiger partial charge in [0.2, 0.25) is 0 Å². The average molecular weight is 760 g/mol. The summed E-state index contributed by atoms with van der Waals surface area (Å²) >= 11 is 0. The van der Waals surface area contributed by atoms with Crippen LogP contribution in [0.4, 0.5) is 17.1 Å². The fourth-order valence-electron chi connectivity index (χ4n) is 9.12. The van der Waals surface area contributed by atoms with Crippen molar-refractivity contribution in [3.8, 4) is 11.5 Å². The zero-order valence-electron chi connectivity index (χ0n) is 29.2. The molecule has 0 spiro atoms. The van der Waals surface area contributed by atoms with Crippen LogP contribution < -0.4 is 4.90 Å². The summed E-state index contributed by atoms with van der Waals surface area (Å²) in [5.74, 6) is 0.974. The smallest absolute Gasteiger partial charge is 0.139 e. The molecular weight excluding hydrogens is 727 g/mol. The van der Waals surface area contributed by atoms with Crippen LogP contribution in [0.15, 0.2) is 128 Å². The van der Waals surface area contributed by atoms with Gasteiger partial charge < -0.3 is 14.0 Å². The van der Waals surface area contributed by atoms with Gasteiger partial charge in [0, 0.05) is 54.3 Å². The first-order valence-electron chi connectivity index (χ1n) is 17.7. The first-order valence-corrected chi connectivity index (χ1v) is 17.7. The molecule has 0 atom stereocenters. The van der Waals surface area contributed by atoms with Crippen LogP contribution in [0.5, 0.6) is 0 Å². The fraction of sp³-hybridized carbons (Fsp3) is 0.128. The van der Waals surface area contributed by atoms with Crippen LogP contribution in [-0.4, -0.2) is 14.1 Å². The molecule has 0 unspecified atom stereocenters. The molecular formula is C47H33N4Pd-3. The molecule has 4 nitrogen and oxygen atoms in total. The maximum atomic E-state index is 4.98. The van der Waals surface area contributed by atoms with Crippen molar-refractivity contribution in [3.63, 3.8) is 0 Å². The second-order valence-corrected chi connectivity index (χ2v) is 15.0. The molecule has 3 aromatic heterocycles. The SMILES string of the molecule is CC1(C)c2ccc[c-]c2-n2c3[c-]c(N(c4[c-]c5c(cc4)c4cccc6c4n5-c4ncccc4C6(C)C)c4ccccc4)ccc3c3cccc1c32.[Pd]. The average Bonchev–Trinajstić information content (AvgIpc) is 3.67. The number of anilines is 3. The summed E-state index contributed by atoms with van der Waals surface area (Å²) in [6.07, 6.45) is 1.90. The van der Waals surface area contributed by atoms with Crippen LogP contribution in [0.2, 0.25) is 0 Å². The molecule has 11 rings (SSSR count). The molecule has 0 amide bonds. The normalized spacial score (nSPS) is 14.7. The van der Waals surface area contributed by atoms with E-state index in [-0.39, 0.29) is 31.3 Å². The van der Waals surface area contributed by atoms with E-state index in [4.69, 9.17) is 4.98 Å². The first kappa shape index (κ1) is 31.3. The van der Waals surface area contributed by atoms with E-state index in [1.54, 1.807) is 0 Å². The maximum Gasteiger partial charge on any atom is 0.139 e. The van der Waals surface area contributed by atoms with E-state index in [9.17, 15) is 0 Å². The van der Waals surface area contributed by atoms with Crippen LogP contribution in [0.3, 0.4) is 0 Å². The van der Waals surface area contributed by atoms with Gasteiger partial charge in [-0.25, -0.2) is 4.98 Å². The number of fused-ring (bicyclic) bond motifs is 10. The Morgan fingerprint density at radius 2 is 1.12 bits per heavy atom. The fourth-order valence-corrected chi connectivity index (χ4v) is 9.12. The Balaban J connectivity index is 0.00000338. The van der Waals surface area contributed by atoms with Crippen molar-refractivity contribution in [2.24, 2.45) is 0 Å². The van der Waals surface area contributed by atoms with Crippen molar-refractivity contribution in [2.75, 3.05) is 4.90 Å². The summed E-state index contributed by atoms with van der Waals surface area (Å²) in [4.78, 5) is 7.27. The van der Waals surface area contributed by atoms with Crippen LogP contribution >= 0.6 is 0 Å². The van der Waals surface area contributed by atoms with Gasteiger partial charge in [-0.05, 0) is 45.5 Å². The summed E-state index contributed by atoms with van der Waals surface area (Å²) in [6.45, 7) is 9.26. The molecule has 0 saturated heterocycles. The van der Waals surface area contributed by atoms with E-state index in [1.807, 2.05) is 18.3 Å². The van der Waals surface area contributed by atoms with E-state index in [0.717, 1.165) is 39.6 Å². The molecule has 0 radical (unpaired) electrons. The summed E-state index contributed by atoms with van der Waals surface area (Å²) < 4.78 is 4.72. The monoisotopic (exact) mass is 759 g/mol. The van der Waals surface area contributed by atoms with E-state index >= 15 is 0 Å². The Kier molecular flexibility index (Phi) is 6.48. The minimum Gasteiger partial charge on any atom is -0.358 e. The van der Waals surface area contributed by atoms with Gasteiger partial charge in [0.25, 0.3) is 0 Å². The molecule has 0 saturated carbocycles. The van der Waals surface area contributed by atoms with E-state index in [2.05, 4.69) is 169 Å². The van der Waals surface area contributed by atoms with Crippen LogP contribution in [0.1, 0.15) is 49.9 Å². The number of aromatic nitrogens is 3. The predicted octanol–water partition coefficient (Wildman–Crippen LogP) is 11.4. The topological polar surface area (TPSA) is 26.0 Å². The van der Waals surface area contributed by atoms with Crippen molar-refractivity contribution >= 4 is 60.7 Å². The van der Waals surface area contributed by atoms with Gasteiger partial charge in [-0.3, -0.25) is 0 Å². The van der Waals surface area contributed by atoms with Crippen molar-refractivity contribution in [1.82, 2.24) is 14.1 Å². The number of nitrogens with zero attached hydrogens (tertiary/aromatic N) is 4. The number of hydrogen-bond donors (Lipinski definition) is 0. The zero-order valence-corrected chi connectivity index (χ0v) is 30.8.